The molecule has 2 aromatic rings. The quantitative estimate of drug-likeness (QED) is 0.822. The van der Waals surface area contributed by atoms with Crippen molar-refractivity contribution in [3.8, 4) is 11.5 Å². The number of hydrogen-bond donors (Lipinski definition) is 1. The molecule has 0 fully saturated rings. The van der Waals surface area contributed by atoms with Crippen LogP contribution in [0.3, 0.4) is 0 Å². The van der Waals surface area contributed by atoms with Gasteiger partial charge in [-0.3, -0.25) is 4.79 Å². The molecule has 0 saturated heterocycles. The summed E-state index contributed by atoms with van der Waals surface area (Å²) >= 11 is 6.23. The van der Waals surface area contributed by atoms with Crippen molar-refractivity contribution in [3.63, 3.8) is 0 Å². The van der Waals surface area contributed by atoms with Gasteiger partial charge in [-0.05, 0) is 24.3 Å². The molecular weight excluding hydrogens is 385 g/mol. The smallest absolute Gasteiger partial charge is 0.406 e. The molecule has 0 saturated carbocycles. The lowest BCUT2D eigenvalue weighted by Crippen LogP contribution is -2.47. The van der Waals surface area contributed by atoms with Crippen LogP contribution in [0.5, 0.6) is 11.5 Å². The molecule has 0 spiro atoms. The third-order valence-electron chi connectivity index (χ3n) is 4.31. The van der Waals surface area contributed by atoms with Gasteiger partial charge in [-0.15, -0.1) is 0 Å². The standard InChI is InChI=1S/C18H14ClF3N2O3/c19-12-7-10(8-14-15(12)27-6-5-26-14)16-23-13-4-2-1-3-11(13)17(25)24(16)9-18(20,21)22/h1-4,7-8,16,23H,5-6,9H2/t16-/m0/s1. The van der Waals surface area contributed by atoms with E-state index in [4.69, 9.17) is 21.1 Å². The number of benzene rings is 2. The second kappa shape index (κ2) is 6.53. The minimum Gasteiger partial charge on any atom is -0.486 e. The molecule has 4 rings (SSSR count). The van der Waals surface area contributed by atoms with Crippen molar-refractivity contribution in [2.24, 2.45) is 0 Å². The Balaban J connectivity index is 1.79. The highest BCUT2D eigenvalue weighted by Gasteiger charge is 2.41. The number of ether oxygens (including phenoxy) is 2. The molecule has 2 aliphatic rings. The highest BCUT2D eigenvalue weighted by molar-refractivity contribution is 6.32. The van der Waals surface area contributed by atoms with Crippen LogP contribution < -0.4 is 14.8 Å². The average molecular weight is 399 g/mol. The Labute approximate surface area is 157 Å². The van der Waals surface area contributed by atoms with Crippen LogP contribution in [0.4, 0.5) is 18.9 Å². The van der Waals surface area contributed by atoms with Gasteiger partial charge in [0.1, 0.15) is 25.9 Å². The van der Waals surface area contributed by atoms with Gasteiger partial charge in [-0.25, -0.2) is 0 Å². The van der Waals surface area contributed by atoms with Crippen LogP contribution in [0, 0.1) is 0 Å². The molecule has 1 amide bonds. The van der Waals surface area contributed by atoms with Gasteiger partial charge in [0.2, 0.25) is 0 Å². The molecule has 1 N–H and O–H groups in total. The minimum absolute atomic E-state index is 0.182. The zero-order valence-electron chi connectivity index (χ0n) is 13.8. The van der Waals surface area contributed by atoms with Gasteiger partial charge < -0.3 is 19.7 Å². The number of rotatable bonds is 2. The van der Waals surface area contributed by atoms with Crippen molar-refractivity contribution >= 4 is 23.2 Å². The number of carbonyl (C=O) groups excluding carboxylic acids is 1. The van der Waals surface area contributed by atoms with Crippen LogP contribution in [0.25, 0.3) is 0 Å². The summed E-state index contributed by atoms with van der Waals surface area (Å²) in [4.78, 5) is 13.5. The molecule has 2 aliphatic heterocycles. The number of carbonyl (C=O) groups is 1. The topological polar surface area (TPSA) is 50.8 Å². The molecule has 1 atom stereocenters. The number of hydrogen-bond acceptors (Lipinski definition) is 4. The van der Waals surface area contributed by atoms with Gasteiger partial charge in [0.25, 0.3) is 5.91 Å². The normalized spacial score (nSPS) is 18.7. The Morgan fingerprint density at radius 1 is 1.19 bits per heavy atom. The van der Waals surface area contributed by atoms with Crippen molar-refractivity contribution < 1.29 is 27.4 Å². The second-order valence-corrected chi connectivity index (χ2v) is 6.57. The van der Waals surface area contributed by atoms with Crippen molar-refractivity contribution in [1.82, 2.24) is 4.90 Å². The van der Waals surface area contributed by atoms with Crippen molar-refractivity contribution in [3.05, 3.63) is 52.5 Å². The molecule has 2 aromatic carbocycles. The van der Waals surface area contributed by atoms with Crippen LogP contribution in [0.2, 0.25) is 5.02 Å². The maximum absolute atomic E-state index is 13.1. The van der Waals surface area contributed by atoms with E-state index in [0.717, 1.165) is 4.90 Å². The van der Waals surface area contributed by atoms with Crippen molar-refractivity contribution in [1.29, 1.82) is 0 Å². The molecule has 0 aliphatic carbocycles. The fourth-order valence-electron chi connectivity index (χ4n) is 3.20. The number of para-hydroxylation sites is 1. The third kappa shape index (κ3) is 3.37. The van der Waals surface area contributed by atoms with Gasteiger partial charge in [-0.2, -0.15) is 13.2 Å². The van der Waals surface area contributed by atoms with E-state index in [1.807, 2.05) is 0 Å². The van der Waals surface area contributed by atoms with E-state index in [9.17, 15) is 18.0 Å². The molecule has 9 heteroatoms. The molecule has 0 bridgehead atoms. The van der Waals surface area contributed by atoms with Crippen LogP contribution in [-0.2, 0) is 0 Å². The van der Waals surface area contributed by atoms with Crippen molar-refractivity contribution in [2.45, 2.75) is 12.3 Å². The number of halogens is 4. The molecule has 27 heavy (non-hydrogen) atoms. The number of nitrogens with one attached hydrogen (secondary N) is 1. The largest absolute Gasteiger partial charge is 0.486 e. The van der Waals surface area contributed by atoms with Gasteiger partial charge >= 0.3 is 6.18 Å². The molecule has 142 valence electrons. The molecule has 0 radical (unpaired) electrons. The summed E-state index contributed by atoms with van der Waals surface area (Å²) in [5.41, 5.74) is 1.01. The minimum atomic E-state index is -4.56. The first-order valence-corrected chi connectivity index (χ1v) is 8.53. The van der Waals surface area contributed by atoms with Gasteiger partial charge in [0, 0.05) is 11.3 Å². The zero-order valence-corrected chi connectivity index (χ0v) is 14.6. The third-order valence-corrected chi connectivity index (χ3v) is 4.59. The Morgan fingerprint density at radius 2 is 1.93 bits per heavy atom. The van der Waals surface area contributed by atoms with E-state index in [2.05, 4.69) is 5.32 Å². The summed E-state index contributed by atoms with van der Waals surface area (Å²) in [6.45, 7) is -0.761. The van der Waals surface area contributed by atoms with Crippen LogP contribution >= 0.6 is 11.6 Å². The Bertz CT molecular complexity index is 904. The van der Waals surface area contributed by atoms with E-state index in [1.54, 1.807) is 24.3 Å². The summed E-state index contributed by atoms with van der Waals surface area (Å²) in [6.07, 6.45) is -5.61. The lowest BCUT2D eigenvalue weighted by atomic mass is 10.0. The number of fused-ring (bicyclic) bond motifs is 2. The number of nitrogens with zero attached hydrogens (tertiary/aromatic N) is 1. The highest BCUT2D eigenvalue weighted by Crippen LogP contribution is 2.42. The monoisotopic (exact) mass is 398 g/mol. The van der Waals surface area contributed by atoms with Crippen LogP contribution in [-0.4, -0.2) is 36.7 Å². The lowest BCUT2D eigenvalue weighted by Gasteiger charge is -2.38. The van der Waals surface area contributed by atoms with E-state index in [0.29, 0.717) is 36.0 Å². The Kier molecular flexibility index (Phi) is 4.30. The number of alkyl halides is 3. The summed E-state index contributed by atoms with van der Waals surface area (Å²) < 4.78 is 50.4. The average Bonchev–Trinajstić information content (AvgIpc) is 2.63. The summed E-state index contributed by atoms with van der Waals surface area (Å²) in [7, 11) is 0. The van der Waals surface area contributed by atoms with E-state index in [-0.39, 0.29) is 10.6 Å². The molecule has 2 heterocycles. The lowest BCUT2D eigenvalue weighted by molar-refractivity contribution is -0.144. The van der Waals surface area contributed by atoms with Gasteiger partial charge in [0.15, 0.2) is 11.5 Å². The maximum atomic E-state index is 13.1. The second-order valence-electron chi connectivity index (χ2n) is 6.17. The first kappa shape index (κ1) is 17.8. The molecular formula is C18H14ClF3N2O3. The van der Waals surface area contributed by atoms with E-state index >= 15 is 0 Å². The van der Waals surface area contributed by atoms with E-state index < -0.39 is 24.8 Å². The fourth-order valence-corrected chi connectivity index (χ4v) is 3.47. The zero-order chi connectivity index (χ0) is 19.2. The van der Waals surface area contributed by atoms with Crippen LogP contribution in [0.15, 0.2) is 36.4 Å². The number of amides is 1. The predicted molar refractivity (Wildman–Crippen MR) is 92.3 cm³/mol. The molecule has 0 unspecified atom stereocenters. The summed E-state index contributed by atoms with van der Waals surface area (Å²) in [6, 6.07) is 9.46. The number of anilines is 1. The van der Waals surface area contributed by atoms with E-state index in [1.165, 1.54) is 12.1 Å². The first-order valence-electron chi connectivity index (χ1n) is 8.16. The first-order chi connectivity index (χ1) is 12.8. The summed E-state index contributed by atoms with van der Waals surface area (Å²) in [5, 5.41) is 3.21. The molecule has 0 aromatic heterocycles. The summed E-state index contributed by atoms with van der Waals surface area (Å²) in [5.74, 6) is -0.0296. The van der Waals surface area contributed by atoms with Crippen LogP contribution in [0.1, 0.15) is 22.1 Å². The van der Waals surface area contributed by atoms with Gasteiger partial charge in [-0.1, -0.05) is 23.7 Å². The van der Waals surface area contributed by atoms with Gasteiger partial charge in [0.05, 0.1) is 10.6 Å². The Morgan fingerprint density at radius 3 is 2.70 bits per heavy atom. The Hall–Kier alpha value is -2.61. The maximum Gasteiger partial charge on any atom is 0.406 e. The fraction of sp³-hybridized carbons (Fsp3) is 0.278. The molecule has 5 nitrogen and oxygen atoms in total. The highest BCUT2D eigenvalue weighted by atomic mass is 35.5. The predicted octanol–water partition coefficient (Wildman–Crippen LogP) is 4.24. The van der Waals surface area contributed by atoms with Crippen molar-refractivity contribution in [2.75, 3.05) is 25.1 Å². The SMILES string of the molecule is O=C1c2ccccc2N[C@H](c2cc(Cl)c3c(c2)OCCO3)N1CC(F)(F)F.